The molecule has 1 saturated heterocycles. The number of nitrogens with one attached hydrogen (secondary N) is 1. The van der Waals surface area contributed by atoms with E-state index >= 15 is 0 Å². The second kappa shape index (κ2) is 8.81. The first-order chi connectivity index (χ1) is 15.0. The number of hydrogen-bond acceptors (Lipinski definition) is 4. The van der Waals surface area contributed by atoms with Crippen molar-refractivity contribution in [2.24, 2.45) is 0 Å². The number of amides is 2. The van der Waals surface area contributed by atoms with Gasteiger partial charge in [-0.3, -0.25) is 19.0 Å². The van der Waals surface area contributed by atoms with E-state index in [2.05, 4.69) is 5.32 Å². The third-order valence-corrected chi connectivity index (χ3v) is 5.61. The molecule has 0 aliphatic carbocycles. The molecule has 8 heteroatoms. The SMILES string of the molecule is COc1ccc(Cl)cc1NC(=O)Cn1c(=O)cc(C(=O)N2CCCC2)c2ccccc21. The van der Waals surface area contributed by atoms with Crippen LogP contribution in [-0.4, -0.2) is 41.5 Å². The number of fused-ring (bicyclic) bond motifs is 1. The Kier molecular flexibility index (Phi) is 5.95. The molecule has 2 amide bonds. The molecule has 160 valence electrons. The summed E-state index contributed by atoms with van der Waals surface area (Å²) in [6, 6.07) is 13.3. The van der Waals surface area contributed by atoms with Crippen LogP contribution in [0.25, 0.3) is 10.9 Å². The van der Waals surface area contributed by atoms with Crippen LogP contribution in [0, 0.1) is 0 Å². The van der Waals surface area contributed by atoms with Gasteiger partial charge in [0.1, 0.15) is 12.3 Å². The molecule has 31 heavy (non-hydrogen) atoms. The predicted octanol–water partition coefficient (Wildman–Crippen LogP) is 3.54. The highest BCUT2D eigenvalue weighted by Gasteiger charge is 2.23. The summed E-state index contributed by atoms with van der Waals surface area (Å²) in [6.07, 6.45) is 1.93. The second-order valence-electron chi connectivity index (χ2n) is 7.39. The lowest BCUT2D eigenvalue weighted by molar-refractivity contribution is -0.116. The summed E-state index contributed by atoms with van der Waals surface area (Å²) < 4.78 is 6.62. The average molecular weight is 440 g/mol. The molecule has 3 aromatic rings. The fourth-order valence-electron chi connectivity index (χ4n) is 3.88. The lowest BCUT2D eigenvalue weighted by Crippen LogP contribution is -2.32. The van der Waals surface area contributed by atoms with Gasteiger partial charge in [-0.15, -0.1) is 0 Å². The number of carbonyl (C=O) groups excluding carboxylic acids is 2. The topological polar surface area (TPSA) is 80.6 Å². The van der Waals surface area contributed by atoms with Gasteiger partial charge in [0, 0.05) is 29.6 Å². The number of nitrogens with zero attached hydrogens (tertiary/aromatic N) is 2. The molecule has 1 fully saturated rings. The minimum absolute atomic E-state index is 0.147. The third kappa shape index (κ3) is 4.27. The van der Waals surface area contributed by atoms with Gasteiger partial charge in [0.25, 0.3) is 11.5 Å². The maximum Gasteiger partial charge on any atom is 0.254 e. The predicted molar refractivity (Wildman–Crippen MR) is 120 cm³/mol. The van der Waals surface area contributed by atoms with Gasteiger partial charge in [-0.05, 0) is 37.1 Å². The number of likely N-dealkylation sites (tertiary alicyclic amines) is 1. The lowest BCUT2D eigenvalue weighted by atomic mass is 10.1. The van der Waals surface area contributed by atoms with Crippen LogP contribution in [0.2, 0.25) is 5.02 Å². The van der Waals surface area contributed by atoms with Gasteiger partial charge in [-0.2, -0.15) is 0 Å². The summed E-state index contributed by atoms with van der Waals surface area (Å²) in [4.78, 5) is 40.4. The molecule has 0 bridgehead atoms. The Bertz CT molecular complexity index is 1220. The average Bonchev–Trinajstić information content (AvgIpc) is 3.30. The smallest absolute Gasteiger partial charge is 0.254 e. The highest BCUT2D eigenvalue weighted by atomic mass is 35.5. The first-order valence-corrected chi connectivity index (χ1v) is 10.4. The minimum atomic E-state index is -0.411. The number of aromatic nitrogens is 1. The van der Waals surface area contributed by atoms with Crippen molar-refractivity contribution in [3.8, 4) is 5.75 Å². The van der Waals surface area contributed by atoms with E-state index in [-0.39, 0.29) is 12.5 Å². The Hall–Kier alpha value is -3.32. The molecule has 7 nitrogen and oxygen atoms in total. The fourth-order valence-corrected chi connectivity index (χ4v) is 4.05. The van der Waals surface area contributed by atoms with Crippen LogP contribution >= 0.6 is 11.6 Å². The monoisotopic (exact) mass is 439 g/mol. The van der Waals surface area contributed by atoms with Gasteiger partial charge >= 0.3 is 0 Å². The normalized spacial score (nSPS) is 13.4. The Labute approximate surface area is 184 Å². The van der Waals surface area contributed by atoms with E-state index in [0.29, 0.717) is 46.0 Å². The summed E-state index contributed by atoms with van der Waals surface area (Å²) in [5.74, 6) is -0.0981. The Morgan fingerprint density at radius 1 is 1.10 bits per heavy atom. The summed E-state index contributed by atoms with van der Waals surface area (Å²) in [5.41, 5.74) is 0.911. The quantitative estimate of drug-likeness (QED) is 0.659. The Morgan fingerprint density at radius 2 is 1.84 bits per heavy atom. The minimum Gasteiger partial charge on any atom is -0.495 e. The molecule has 0 saturated carbocycles. The lowest BCUT2D eigenvalue weighted by Gasteiger charge is -2.18. The summed E-state index contributed by atoms with van der Waals surface area (Å²) >= 11 is 6.02. The van der Waals surface area contributed by atoms with Gasteiger partial charge in [-0.25, -0.2) is 0 Å². The molecule has 2 heterocycles. The second-order valence-corrected chi connectivity index (χ2v) is 7.83. The number of methoxy groups -OCH3 is 1. The number of benzene rings is 2. The largest absolute Gasteiger partial charge is 0.495 e. The van der Waals surface area contributed by atoms with Crippen molar-refractivity contribution in [1.29, 1.82) is 0 Å². The molecule has 1 aliphatic rings. The van der Waals surface area contributed by atoms with Crippen LogP contribution in [-0.2, 0) is 11.3 Å². The first kappa shape index (κ1) is 20.9. The van der Waals surface area contributed by atoms with E-state index in [0.717, 1.165) is 12.8 Å². The zero-order chi connectivity index (χ0) is 22.0. The maximum atomic E-state index is 13.0. The van der Waals surface area contributed by atoms with E-state index in [4.69, 9.17) is 16.3 Å². The van der Waals surface area contributed by atoms with E-state index in [1.807, 2.05) is 6.07 Å². The molecule has 1 N–H and O–H groups in total. The molecule has 1 aliphatic heterocycles. The number of hydrogen-bond donors (Lipinski definition) is 1. The summed E-state index contributed by atoms with van der Waals surface area (Å²) in [6.45, 7) is 1.17. The fraction of sp³-hybridized carbons (Fsp3) is 0.261. The van der Waals surface area contributed by atoms with Crippen molar-refractivity contribution in [3.05, 3.63) is 69.5 Å². The van der Waals surface area contributed by atoms with Gasteiger partial charge in [0.2, 0.25) is 5.91 Å². The van der Waals surface area contributed by atoms with Crippen molar-refractivity contribution in [1.82, 2.24) is 9.47 Å². The number of ether oxygens (including phenoxy) is 1. The first-order valence-electron chi connectivity index (χ1n) is 10.0. The van der Waals surface area contributed by atoms with Crippen molar-refractivity contribution in [3.63, 3.8) is 0 Å². The van der Waals surface area contributed by atoms with Gasteiger partial charge in [0.05, 0.1) is 23.9 Å². The molecule has 0 spiro atoms. The standard InChI is InChI=1S/C23H22ClN3O4/c1-31-20-9-8-15(24)12-18(20)25-21(28)14-27-19-7-3-2-6-16(19)17(13-22(27)29)23(30)26-10-4-5-11-26/h2-3,6-9,12-13H,4-5,10-11,14H2,1H3,(H,25,28). The number of para-hydroxylation sites is 1. The van der Waals surface area contributed by atoms with E-state index in [1.165, 1.54) is 17.7 Å². The number of carbonyl (C=O) groups is 2. The highest BCUT2D eigenvalue weighted by molar-refractivity contribution is 6.31. The number of pyridine rings is 1. The molecular weight excluding hydrogens is 418 g/mol. The summed E-state index contributed by atoms with van der Waals surface area (Å²) in [5, 5.41) is 3.83. The molecular formula is C23H22ClN3O4. The molecule has 1 aromatic heterocycles. The molecule has 0 radical (unpaired) electrons. The number of anilines is 1. The van der Waals surface area contributed by atoms with Crippen LogP contribution < -0.4 is 15.6 Å². The zero-order valence-electron chi connectivity index (χ0n) is 17.1. The Balaban J connectivity index is 1.67. The third-order valence-electron chi connectivity index (χ3n) is 5.38. The highest BCUT2D eigenvalue weighted by Crippen LogP contribution is 2.28. The molecule has 0 unspecified atom stereocenters. The van der Waals surface area contributed by atoms with E-state index < -0.39 is 11.5 Å². The van der Waals surface area contributed by atoms with Gasteiger partial charge < -0.3 is 15.0 Å². The van der Waals surface area contributed by atoms with Crippen LogP contribution in [0.3, 0.4) is 0 Å². The zero-order valence-corrected chi connectivity index (χ0v) is 17.8. The number of rotatable bonds is 5. The van der Waals surface area contributed by atoms with E-state index in [9.17, 15) is 14.4 Å². The molecule has 2 aromatic carbocycles. The van der Waals surface area contributed by atoms with Crippen LogP contribution in [0.4, 0.5) is 5.69 Å². The number of halogens is 1. The van der Waals surface area contributed by atoms with Gasteiger partial charge in [-0.1, -0.05) is 29.8 Å². The molecule has 4 rings (SSSR count). The van der Waals surface area contributed by atoms with Crippen molar-refractivity contribution in [2.75, 3.05) is 25.5 Å². The van der Waals surface area contributed by atoms with Crippen molar-refractivity contribution < 1.29 is 14.3 Å². The molecule has 0 atom stereocenters. The van der Waals surface area contributed by atoms with Crippen molar-refractivity contribution >= 4 is 40.0 Å². The van der Waals surface area contributed by atoms with Crippen LogP contribution in [0.5, 0.6) is 5.75 Å². The van der Waals surface area contributed by atoms with E-state index in [1.54, 1.807) is 41.3 Å². The van der Waals surface area contributed by atoms with Crippen LogP contribution in [0.15, 0.2) is 53.3 Å². The maximum absolute atomic E-state index is 13.0. The van der Waals surface area contributed by atoms with Crippen LogP contribution in [0.1, 0.15) is 23.2 Å². The van der Waals surface area contributed by atoms with Crippen molar-refractivity contribution in [2.45, 2.75) is 19.4 Å². The van der Waals surface area contributed by atoms with Gasteiger partial charge in [0.15, 0.2) is 0 Å². The Morgan fingerprint density at radius 3 is 2.58 bits per heavy atom. The summed E-state index contributed by atoms with van der Waals surface area (Å²) in [7, 11) is 1.49.